The third kappa shape index (κ3) is 10.1. The monoisotopic (exact) mass is 939 g/mol. The van der Waals surface area contributed by atoms with Crippen LogP contribution in [0.1, 0.15) is 64.5 Å². The van der Waals surface area contributed by atoms with E-state index in [-0.39, 0.29) is 23.9 Å². The summed E-state index contributed by atoms with van der Waals surface area (Å²) < 4.78 is 25.5. The van der Waals surface area contributed by atoms with Crippen molar-refractivity contribution in [2.45, 2.75) is 77.8 Å². The van der Waals surface area contributed by atoms with E-state index in [1.54, 1.807) is 0 Å². The molecule has 1 heterocycles. The molecule has 0 fully saturated rings. The van der Waals surface area contributed by atoms with Gasteiger partial charge in [-0.05, 0) is 177 Å². The lowest BCUT2D eigenvalue weighted by molar-refractivity contribution is -0.148. The minimum absolute atomic E-state index is 0.366. The van der Waals surface area contributed by atoms with Crippen LogP contribution in [0.15, 0.2) is 176 Å². The molecule has 0 saturated carbocycles. The van der Waals surface area contributed by atoms with Crippen LogP contribution in [0, 0.1) is 0 Å². The van der Waals surface area contributed by atoms with Crippen molar-refractivity contribution in [1.82, 2.24) is 4.57 Å². The first kappa shape index (κ1) is 46.4. The number of benzene rings is 7. The topological polar surface area (TPSA) is 110 Å². The van der Waals surface area contributed by atoms with E-state index in [1.807, 2.05) is 66.7 Å². The Balaban J connectivity index is 1.17. The molecule has 2 aliphatic carbocycles. The van der Waals surface area contributed by atoms with E-state index in [0.717, 1.165) is 94.3 Å². The zero-order valence-corrected chi connectivity index (χ0v) is 40.1. The van der Waals surface area contributed by atoms with Crippen molar-refractivity contribution in [3.8, 4) is 50.2 Å². The van der Waals surface area contributed by atoms with Gasteiger partial charge < -0.3 is 23.5 Å². The van der Waals surface area contributed by atoms with Gasteiger partial charge in [0.05, 0.1) is 11.0 Å². The van der Waals surface area contributed by atoms with Gasteiger partial charge in [0.15, 0.2) is 0 Å². The molecule has 0 radical (unpaired) electrons. The quantitative estimate of drug-likeness (QED) is 0.0931. The third-order valence-electron chi connectivity index (χ3n) is 13.3. The standard InChI is InChI=1S/C62H53NO8/c1-38(64)68-53-22-26-61(70-40(3)66)55(36-53)50-30-46(42-14-8-5-9-15-42)28-48(32-50)44-20-24-59-57(34-44)58-35-45(21-25-60(58)63(59)52-18-12-7-13-19-52)49-29-47(43-16-10-6-11-17-43)31-51(33-49)56-37-54(69-39(2)65)23-27-62(56)71-41(4)67/h5-21,24-25,28-37,53-54,61-62H,22-23,26-27H2,1-4H3. The van der Waals surface area contributed by atoms with Crippen LogP contribution in [0.5, 0.6) is 0 Å². The molecule has 0 aliphatic heterocycles. The summed E-state index contributed by atoms with van der Waals surface area (Å²) in [4.78, 5) is 49.2. The number of nitrogens with zero attached hydrogens (tertiary/aromatic N) is 1. The van der Waals surface area contributed by atoms with E-state index in [2.05, 4.69) is 114 Å². The smallest absolute Gasteiger partial charge is 0.303 e. The van der Waals surface area contributed by atoms with Crippen molar-refractivity contribution < 1.29 is 38.1 Å². The molecule has 0 bridgehead atoms. The van der Waals surface area contributed by atoms with Crippen molar-refractivity contribution in [2.75, 3.05) is 0 Å². The molecule has 0 N–H and O–H groups in total. The summed E-state index contributed by atoms with van der Waals surface area (Å²) in [5.41, 5.74) is 14.4. The fourth-order valence-electron chi connectivity index (χ4n) is 10.3. The lowest BCUT2D eigenvalue weighted by Gasteiger charge is -2.29. The van der Waals surface area contributed by atoms with Crippen LogP contribution in [0.4, 0.5) is 0 Å². The van der Waals surface area contributed by atoms with Gasteiger partial charge in [0.25, 0.3) is 0 Å². The van der Waals surface area contributed by atoms with Gasteiger partial charge in [-0.15, -0.1) is 0 Å². The van der Waals surface area contributed by atoms with E-state index in [9.17, 15) is 19.2 Å². The Bertz CT molecular complexity index is 3200. The second-order valence-corrected chi connectivity index (χ2v) is 18.4. The molecule has 4 atom stereocenters. The van der Waals surface area contributed by atoms with Crippen LogP contribution in [0.2, 0.25) is 0 Å². The van der Waals surface area contributed by atoms with Crippen LogP contribution < -0.4 is 0 Å². The lowest BCUT2D eigenvalue weighted by Crippen LogP contribution is -2.27. The minimum Gasteiger partial charge on any atom is -0.458 e. The highest BCUT2D eigenvalue weighted by molar-refractivity contribution is 6.12. The van der Waals surface area contributed by atoms with Crippen LogP contribution in [-0.2, 0) is 38.1 Å². The Morgan fingerprint density at radius 3 is 1.10 bits per heavy atom. The maximum absolute atomic E-state index is 12.5. The Hall–Kier alpha value is -8.30. The number of hydrogen-bond acceptors (Lipinski definition) is 8. The summed E-state index contributed by atoms with van der Waals surface area (Å²) in [6, 6.07) is 56.9. The molecule has 0 spiro atoms. The first-order chi connectivity index (χ1) is 34.4. The predicted molar refractivity (Wildman–Crippen MR) is 279 cm³/mol. The van der Waals surface area contributed by atoms with Gasteiger partial charge in [0, 0.05) is 44.2 Å². The Morgan fingerprint density at radius 2 is 0.718 bits per heavy atom. The molecule has 354 valence electrons. The summed E-state index contributed by atoms with van der Waals surface area (Å²) in [6.45, 7) is 5.66. The first-order valence-corrected chi connectivity index (χ1v) is 24.1. The lowest BCUT2D eigenvalue weighted by atomic mass is 9.86. The van der Waals surface area contributed by atoms with Crippen molar-refractivity contribution in [3.05, 3.63) is 187 Å². The van der Waals surface area contributed by atoms with Gasteiger partial charge in [-0.2, -0.15) is 0 Å². The van der Waals surface area contributed by atoms with Crippen molar-refractivity contribution in [2.24, 2.45) is 0 Å². The van der Waals surface area contributed by atoms with E-state index in [4.69, 9.17) is 18.9 Å². The van der Waals surface area contributed by atoms with Crippen LogP contribution >= 0.6 is 0 Å². The normalized spacial score (nSPS) is 17.7. The van der Waals surface area contributed by atoms with Gasteiger partial charge in [0.1, 0.15) is 24.4 Å². The number of carbonyl (C=O) groups is 4. The molecule has 9 heteroatoms. The molecule has 4 unspecified atom stereocenters. The van der Waals surface area contributed by atoms with E-state index >= 15 is 0 Å². The van der Waals surface area contributed by atoms with Crippen molar-refractivity contribution in [1.29, 1.82) is 0 Å². The number of carbonyl (C=O) groups excluding carboxylic acids is 4. The largest absolute Gasteiger partial charge is 0.458 e. The fraction of sp³-hybridized carbons (Fsp3) is 0.194. The maximum Gasteiger partial charge on any atom is 0.303 e. The van der Waals surface area contributed by atoms with Gasteiger partial charge in [-0.3, -0.25) is 19.2 Å². The maximum atomic E-state index is 12.5. The highest BCUT2D eigenvalue weighted by Crippen LogP contribution is 2.42. The number of fused-ring (bicyclic) bond motifs is 3. The highest BCUT2D eigenvalue weighted by atomic mass is 16.6. The number of ether oxygens (including phenoxy) is 4. The molecule has 1 aromatic heterocycles. The van der Waals surface area contributed by atoms with Gasteiger partial charge >= 0.3 is 23.9 Å². The average Bonchev–Trinajstić information content (AvgIpc) is 3.70. The number of esters is 4. The van der Waals surface area contributed by atoms with Gasteiger partial charge in [0.2, 0.25) is 0 Å². The van der Waals surface area contributed by atoms with Gasteiger partial charge in [-0.25, -0.2) is 0 Å². The molecule has 9 nitrogen and oxygen atoms in total. The summed E-state index contributed by atoms with van der Waals surface area (Å²) >= 11 is 0. The highest BCUT2D eigenvalue weighted by Gasteiger charge is 2.30. The van der Waals surface area contributed by atoms with E-state index in [0.29, 0.717) is 25.7 Å². The second-order valence-electron chi connectivity index (χ2n) is 18.4. The third-order valence-corrected chi connectivity index (χ3v) is 13.3. The summed E-state index contributed by atoms with van der Waals surface area (Å²) in [5.74, 6) is -1.48. The number of para-hydroxylation sites is 1. The zero-order valence-electron chi connectivity index (χ0n) is 40.1. The number of rotatable bonds is 11. The van der Waals surface area contributed by atoms with Crippen molar-refractivity contribution in [3.63, 3.8) is 0 Å². The van der Waals surface area contributed by atoms with Crippen LogP contribution in [-0.4, -0.2) is 52.9 Å². The molecular formula is C62H53NO8. The molecule has 10 rings (SSSR count). The molecule has 8 aromatic rings. The minimum atomic E-state index is -0.513. The Morgan fingerprint density at radius 1 is 0.366 bits per heavy atom. The van der Waals surface area contributed by atoms with Crippen LogP contribution in [0.3, 0.4) is 0 Å². The molecule has 0 saturated heterocycles. The summed E-state index contributed by atoms with van der Waals surface area (Å²) in [5, 5.41) is 2.10. The fourth-order valence-corrected chi connectivity index (χ4v) is 10.3. The van der Waals surface area contributed by atoms with Crippen molar-refractivity contribution >= 4 is 56.8 Å². The Kier molecular flexibility index (Phi) is 13.1. The predicted octanol–water partition coefficient (Wildman–Crippen LogP) is 13.5. The second kappa shape index (κ2) is 20.0. The van der Waals surface area contributed by atoms with Gasteiger partial charge in [-0.1, -0.05) is 91.0 Å². The first-order valence-electron chi connectivity index (χ1n) is 24.1. The summed E-state index contributed by atoms with van der Waals surface area (Å²) in [7, 11) is 0. The SMILES string of the molecule is CC(=O)OC1C=C(c2cc(-c3ccccc3)cc(-c3ccc4c(c3)c3cc(-c5cc(C6=CC(OC(C)=O)CCC6OC(C)=O)cc(-c6ccccc6)c5)ccc3n4-c3ccccc3)c2)C(OC(C)=O)CC1. The van der Waals surface area contributed by atoms with E-state index < -0.39 is 24.4 Å². The number of aromatic nitrogens is 1. The van der Waals surface area contributed by atoms with E-state index in [1.165, 1.54) is 27.7 Å². The average molecular weight is 940 g/mol. The molecule has 2 aliphatic rings. The molecule has 7 aromatic carbocycles. The summed E-state index contributed by atoms with van der Waals surface area (Å²) in [6.07, 6.45) is 4.03. The Labute approximate surface area is 413 Å². The molecule has 71 heavy (non-hydrogen) atoms. The number of hydrogen-bond donors (Lipinski definition) is 0. The molecular weight excluding hydrogens is 887 g/mol. The zero-order chi connectivity index (χ0) is 49.2. The molecule has 0 amide bonds. The van der Waals surface area contributed by atoms with Crippen LogP contribution in [0.25, 0.3) is 83.1 Å².